The van der Waals surface area contributed by atoms with Crippen LogP contribution in [0.4, 0.5) is 13.2 Å². The fourth-order valence-corrected chi connectivity index (χ4v) is 3.40. The fraction of sp³-hybridized carbons (Fsp3) is 0.125. The van der Waals surface area contributed by atoms with E-state index in [1.165, 1.54) is 49.6 Å². The molecule has 0 aliphatic carbocycles. The lowest BCUT2D eigenvalue weighted by Crippen LogP contribution is -2.15. The molecule has 0 N–H and O–H groups in total. The molecule has 0 radical (unpaired) electrons. The highest BCUT2D eigenvalue weighted by atomic mass is 35.5. The van der Waals surface area contributed by atoms with Crippen LogP contribution in [0.25, 0.3) is 11.0 Å². The first-order chi connectivity index (χ1) is 16.2. The van der Waals surface area contributed by atoms with Gasteiger partial charge in [-0.3, -0.25) is 4.79 Å². The van der Waals surface area contributed by atoms with Crippen molar-refractivity contribution in [3.05, 3.63) is 92.3 Å². The molecule has 1 heterocycles. The standard InChI is InChI=1S/C24H15Cl2F3O5/c1-31-14-3-5-15(6-4-14)33-22-21(30)17-8-7-16(11-20(17)34-23(22)24(27,28)29)32-12-13-2-9-18(25)19(26)10-13/h2-11H,12H2,1H3. The summed E-state index contributed by atoms with van der Waals surface area (Å²) in [6.07, 6.45) is -4.98. The predicted molar refractivity (Wildman–Crippen MR) is 121 cm³/mol. The molecule has 4 aromatic rings. The molecule has 1 aromatic heterocycles. The van der Waals surface area contributed by atoms with Crippen LogP contribution in [0.1, 0.15) is 11.3 Å². The molecule has 34 heavy (non-hydrogen) atoms. The van der Waals surface area contributed by atoms with Crippen LogP contribution in [0.15, 0.2) is 69.9 Å². The van der Waals surface area contributed by atoms with Crippen molar-refractivity contribution in [2.24, 2.45) is 0 Å². The van der Waals surface area contributed by atoms with Crippen LogP contribution in [0.3, 0.4) is 0 Å². The van der Waals surface area contributed by atoms with Crippen LogP contribution < -0.4 is 19.6 Å². The van der Waals surface area contributed by atoms with E-state index in [2.05, 4.69) is 0 Å². The first kappa shape index (κ1) is 23.8. The van der Waals surface area contributed by atoms with Gasteiger partial charge < -0.3 is 18.6 Å². The largest absolute Gasteiger partial charge is 0.497 e. The smallest absolute Gasteiger partial charge is 0.453 e. The van der Waals surface area contributed by atoms with Crippen molar-refractivity contribution in [3.8, 4) is 23.0 Å². The maximum absolute atomic E-state index is 13.7. The van der Waals surface area contributed by atoms with Crippen molar-refractivity contribution in [1.82, 2.24) is 0 Å². The van der Waals surface area contributed by atoms with Crippen LogP contribution >= 0.6 is 23.2 Å². The average Bonchev–Trinajstić information content (AvgIpc) is 2.81. The van der Waals surface area contributed by atoms with Gasteiger partial charge in [-0.2, -0.15) is 13.2 Å². The van der Waals surface area contributed by atoms with Crippen molar-refractivity contribution < 1.29 is 31.8 Å². The Hall–Kier alpha value is -3.36. The highest BCUT2D eigenvalue weighted by molar-refractivity contribution is 6.42. The summed E-state index contributed by atoms with van der Waals surface area (Å²) in [6, 6.07) is 14.6. The highest BCUT2D eigenvalue weighted by Crippen LogP contribution is 2.39. The molecule has 5 nitrogen and oxygen atoms in total. The zero-order chi connectivity index (χ0) is 24.5. The van der Waals surface area contributed by atoms with Gasteiger partial charge in [0.1, 0.15) is 29.4 Å². The van der Waals surface area contributed by atoms with Gasteiger partial charge >= 0.3 is 6.18 Å². The molecule has 4 rings (SSSR count). The van der Waals surface area contributed by atoms with Crippen molar-refractivity contribution in [1.29, 1.82) is 0 Å². The lowest BCUT2D eigenvalue weighted by molar-refractivity contribution is -0.154. The molecule has 0 aliphatic rings. The summed E-state index contributed by atoms with van der Waals surface area (Å²) in [5.74, 6) is -1.84. The molecule has 0 saturated heterocycles. The Morgan fingerprint density at radius 1 is 0.882 bits per heavy atom. The summed E-state index contributed by atoms with van der Waals surface area (Å²) in [5.41, 5.74) is -0.582. The lowest BCUT2D eigenvalue weighted by Gasteiger charge is -2.14. The number of methoxy groups -OCH3 is 1. The minimum Gasteiger partial charge on any atom is -0.497 e. The molecular weight excluding hydrogens is 496 g/mol. The Kier molecular flexibility index (Phi) is 6.63. The third-order valence-electron chi connectivity index (χ3n) is 4.75. The maximum Gasteiger partial charge on any atom is 0.453 e. The molecule has 0 spiro atoms. The number of ether oxygens (including phenoxy) is 3. The summed E-state index contributed by atoms with van der Waals surface area (Å²) in [5, 5.41) is 0.620. The SMILES string of the molecule is COc1ccc(Oc2c(C(F)(F)F)oc3cc(OCc4ccc(Cl)c(Cl)c4)ccc3c2=O)cc1. The van der Waals surface area contributed by atoms with Gasteiger partial charge in [0.25, 0.3) is 5.76 Å². The summed E-state index contributed by atoms with van der Waals surface area (Å²) in [6.45, 7) is 0.0669. The van der Waals surface area contributed by atoms with Gasteiger partial charge in [0.05, 0.1) is 22.5 Å². The number of rotatable bonds is 6. The Balaban J connectivity index is 1.69. The number of hydrogen-bond acceptors (Lipinski definition) is 5. The van der Waals surface area contributed by atoms with Gasteiger partial charge in [-0.25, -0.2) is 0 Å². The van der Waals surface area contributed by atoms with E-state index in [1.54, 1.807) is 18.2 Å². The predicted octanol–water partition coefficient (Wildman–Crippen LogP) is 7.50. The van der Waals surface area contributed by atoms with Crippen LogP contribution in [0.5, 0.6) is 23.0 Å². The molecule has 0 fully saturated rings. The highest BCUT2D eigenvalue weighted by Gasteiger charge is 2.40. The van der Waals surface area contributed by atoms with E-state index in [4.69, 9.17) is 41.8 Å². The molecular formula is C24H15Cl2F3O5. The fourth-order valence-electron chi connectivity index (χ4n) is 3.08. The van der Waals surface area contributed by atoms with Crippen LogP contribution in [0.2, 0.25) is 10.0 Å². The number of halogens is 5. The summed E-state index contributed by atoms with van der Waals surface area (Å²) in [7, 11) is 1.44. The lowest BCUT2D eigenvalue weighted by atomic mass is 10.2. The molecule has 176 valence electrons. The first-order valence-corrected chi connectivity index (χ1v) is 10.5. The van der Waals surface area contributed by atoms with Gasteiger partial charge in [0.15, 0.2) is 0 Å². The Morgan fingerprint density at radius 2 is 1.56 bits per heavy atom. The van der Waals surface area contributed by atoms with Gasteiger partial charge in [0.2, 0.25) is 11.2 Å². The van der Waals surface area contributed by atoms with E-state index in [9.17, 15) is 18.0 Å². The van der Waals surface area contributed by atoms with Gasteiger partial charge in [-0.15, -0.1) is 0 Å². The van der Waals surface area contributed by atoms with E-state index in [0.29, 0.717) is 21.4 Å². The van der Waals surface area contributed by atoms with Gasteiger partial charge in [-0.05, 0) is 54.1 Å². The minimum atomic E-state index is -4.98. The summed E-state index contributed by atoms with van der Waals surface area (Å²) < 4.78 is 62.2. The molecule has 0 atom stereocenters. The van der Waals surface area contributed by atoms with Gasteiger partial charge in [0, 0.05) is 6.07 Å². The Labute approximate surface area is 201 Å². The number of hydrogen-bond donors (Lipinski definition) is 0. The number of fused-ring (bicyclic) bond motifs is 1. The van der Waals surface area contributed by atoms with Gasteiger partial charge in [-0.1, -0.05) is 29.3 Å². The summed E-state index contributed by atoms with van der Waals surface area (Å²) in [4.78, 5) is 12.9. The second kappa shape index (κ2) is 9.48. The normalized spacial score (nSPS) is 11.5. The average molecular weight is 511 g/mol. The topological polar surface area (TPSA) is 57.9 Å². The molecule has 0 aliphatic heterocycles. The third-order valence-corrected chi connectivity index (χ3v) is 5.49. The zero-order valence-corrected chi connectivity index (χ0v) is 18.9. The van der Waals surface area contributed by atoms with E-state index in [-0.39, 0.29) is 29.1 Å². The van der Waals surface area contributed by atoms with E-state index in [1.807, 2.05) is 0 Å². The van der Waals surface area contributed by atoms with Crippen molar-refractivity contribution in [2.45, 2.75) is 12.8 Å². The second-order valence-electron chi connectivity index (χ2n) is 7.06. The molecule has 0 unspecified atom stereocenters. The zero-order valence-electron chi connectivity index (χ0n) is 17.4. The van der Waals surface area contributed by atoms with Crippen LogP contribution in [0, 0.1) is 0 Å². The van der Waals surface area contributed by atoms with Crippen LogP contribution in [-0.2, 0) is 12.8 Å². The van der Waals surface area contributed by atoms with Crippen molar-refractivity contribution >= 4 is 34.2 Å². The molecule has 0 bridgehead atoms. The van der Waals surface area contributed by atoms with Crippen molar-refractivity contribution in [2.75, 3.05) is 7.11 Å². The Morgan fingerprint density at radius 3 is 2.21 bits per heavy atom. The van der Waals surface area contributed by atoms with E-state index in [0.717, 1.165) is 0 Å². The molecule has 0 saturated carbocycles. The first-order valence-electron chi connectivity index (χ1n) is 9.72. The summed E-state index contributed by atoms with van der Waals surface area (Å²) >= 11 is 11.9. The van der Waals surface area contributed by atoms with Crippen LogP contribution in [-0.4, -0.2) is 7.11 Å². The number of alkyl halides is 3. The van der Waals surface area contributed by atoms with Crippen molar-refractivity contribution in [3.63, 3.8) is 0 Å². The minimum absolute atomic E-state index is 0.0135. The molecule has 10 heteroatoms. The third kappa shape index (κ3) is 5.08. The van der Waals surface area contributed by atoms with E-state index >= 15 is 0 Å². The quantitative estimate of drug-likeness (QED) is 0.268. The number of benzene rings is 3. The Bertz CT molecular complexity index is 1400. The molecule has 0 amide bonds. The maximum atomic E-state index is 13.7. The van der Waals surface area contributed by atoms with E-state index < -0.39 is 23.1 Å². The molecule has 3 aromatic carbocycles. The monoisotopic (exact) mass is 510 g/mol. The second-order valence-corrected chi connectivity index (χ2v) is 7.87.